The van der Waals surface area contributed by atoms with E-state index in [4.69, 9.17) is 9.47 Å². The predicted octanol–water partition coefficient (Wildman–Crippen LogP) is 1.51. The highest BCUT2D eigenvalue weighted by Gasteiger charge is 2.15. The molecule has 0 spiro atoms. The van der Waals surface area contributed by atoms with Crippen LogP contribution in [0.4, 0.5) is 0 Å². The summed E-state index contributed by atoms with van der Waals surface area (Å²) in [4.78, 5) is 13.5. The van der Waals surface area contributed by atoms with Crippen LogP contribution in [-0.2, 0) is 4.74 Å². The summed E-state index contributed by atoms with van der Waals surface area (Å²) in [5, 5.41) is 9.75. The Balaban J connectivity index is 2.71. The molecule has 5 nitrogen and oxygen atoms in total. The maximum Gasteiger partial charge on any atom is 0.257 e. The van der Waals surface area contributed by atoms with Gasteiger partial charge in [-0.1, -0.05) is 0 Å². The Labute approximate surface area is 107 Å². The largest absolute Gasteiger partial charge is 0.507 e. The summed E-state index contributed by atoms with van der Waals surface area (Å²) in [6, 6.07) is 4.61. The van der Waals surface area contributed by atoms with Gasteiger partial charge in [0.15, 0.2) is 0 Å². The first-order valence-corrected chi connectivity index (χ1v) is 5.80. The summed E-state index contributed by atoms with van der Waals surface area (Å²) >= 11 is 0. The lowest BCUT2D eigenvalue weighted by molar-refractivity contribution is 0.0707. The van der Waals surface area contributed by atoms with Crippen LogP contribution in [0.5, 0.6) is 11.5 Å². The zero-order valence-corrected chi connectivity index (χ0v) is 11.0. The summed E-state index contributed by atoms with van der Waals surface area (Å²) in [6.45, 7) is 3.49. The fourth-order valence-electron chi connectivity index (χ4n) is 1.47. The second-order valence-electron chi connectivity index (χ2n) is 3.81. The number of phenols is 1. The number of aromatic hydroxyl groups is 1. The van der Waals surface area contributed by atoms with E-state index in [2.05, 4.69) is 0 Å². The minimum Gasteiger partial charge on any atom is -0.507 e. The van der Waals surface area contributed by atoms with Gasteiger partial charge in [0.25, 0.3) is 5.91 Å². The van der Waals surface area contributed by atoms with Gasteiger partial charge in [0.2, 0.25) is 0 Å². The van der Waals surface area contributed by atoms with Crippen molar-refractivity contribution in [2.75, 3.05) is 33.9 Å². The van der Waals surface area contributed by atoms with Crippen LogP contribution in [0.15, 0.2) is 18.2 Å². The molecule has 100 valence electrons. The fraction of sp³-hybridized carbons (Fsp3) is 0.462. The van der Waals surface area contributed by atoms with Crippen molar-refractivity contribution in [3.8, 4) is 11.5 Å². The molecule has 1 rings (SSSR count). The molecule has 0 aromatic heterocycles. The van der Waals surface area contributed by atoms with E-state index in [-0.39, 0.29) is 17.2 Å². The van der Waals surface area contributed by atoms with Gasteiger partial charge in [-0.15, -0.1) is 0 Å². The monoisotopic (exact) mass is 253 g/mol. The Morgan fingerprint density at radius 3 is 2.72 bits per heavy atom. The second kappa shape index (κ2) is 6.86. The van der Waals surface area contributed by atoms with Crippen molar-refractivity contribution < 1.29 is 19.4 Å². The summed E-state index contributed by atoms with van der Waals surface area (Å²) in [5.41, 5.74) is 0.259. The van der Waals surface area contributed by atoms with Crippen LogP contribution in [0, 0.1) is 0 Å². The molecule has 0 aliphatic rings. The number of ether oxygens (including phenoxy) is 2. The van der Waals surface area contributed by atoms with Gasteiger partial charge in [-0.3, -0.25) is 4.79 Å². The Hall–Kier alpha value is -1.75. The number of hydrogen-bond acceptors (Lipinski definition) is 4. The molecule has 0 aliphatic heterocycles. The standard InChI is InChI=1S/C13H19NO4/c1-4-18-8-7-14(2)13(16)11-6-5-10(17-3)9-12(11)15/h5-6,9,15H,4,7-8H2,1-3H3. The Morgan fingerprint density at radius 2 is 2.17 bits per heavy atom. The maximum absolute atomic E-state index is 12.0. The maximum atomic E-state index is 12.0. The normalized spacial score (nSPS) is 10.2. The number of nitrogens with zero attached hydrogens (tertiary/aromatic N) is 1. The molecule has 0 unspecified atom stereocenters. The number of hydrogen-bond donors (Lipinski definition) is 1. The first-order chi connectivity index (χ1) is 8.60. The number of phenolic OH excluding ortho intramolecular Hbond substituents is 1. The molecule has 0 saturated heterocycles. The average molecular weight is 253 g/mol. The highest BCUT2D eigenvalue weighted by Crippen LogP contribution is 2.24. The van der Waals surface area contributed by atoms with Crippen molar-refractivity contribution in [2.24, 2.45) is 0 Å². The van der Waals surface area contributed by atoms with Crippen LogP contribution in [0.2, 0.25) is 0 Å². The molecule has 1 amide bonds. The number of amides is 1. The minimum atomic E-state index is -0.241. The molecule has 1 aromatic rings. The predicted molar refractivity (Wildman–Crippen MR) is 68.1 cm³/mol. The van der Waals surface area contributed by atoms with Crippen molar-refractivity contribution in [3.05, 3.63) is 23.8 Å². The van der Waals surface area contributed by atoms with E-state index in [0.717, 1.165) is 0 Å². The molecule has 18 heavy (non-hydrogen) atoms. The molecular formula is C13H19NO4. The van der Waals surface area contributed by atoms with Crippen molar-refractivity contribution in [3.63, 3.8) is 0 Å². The molecule has 1 aromatic carbocycles. The first kappa shape index (κ1) is 14.3. The quantitative estimate of drug-likeness (QED) is 0.781. The molecule has 0 saturated carbocycles. The van der Waals surface area contributed by atoms with Gasteiger partial charge in [-0.05, 0) is 19.1 Å². The third-order valence-electron chi connectivity index (χ3n) is 2.56. The number of carbonyl (C=O) groups excluding carboxylic acids is 1. The number of methoxy groups -OCH3 is 1. The van der Waals surface area contributed by atoms with Crippen molar-refractivity contribution >= 4 is 5.91 Å². The smallest absolute Gasteiger partial charge is 0.257 e. The highest BCUT2D eigenvalue weighted by atomic mass is 16.5. The highest BCUT2D eigenvalue weighted by molar-refractivity contribution is 5.96. The van der Waals surface area contributed by atoms with Gasteiger partial charge < -0.3 is 19.5 Å². The zero-order valence-electron chi connectivity index (χ0n) is 11.0. The van der Waals surface area contributed by atoms with E-state index in [1.165, 1.54) is 18.1 Å². The van der Waals surface area contributed by atoms with Gasteiger partial charge in [0.05, 0.1) is 19.3 Å². The lowest BCUT2D eigenvalue weighted by Gasteiger charge is -2.17. The average Bonchev–Trinajstić information content (AvgIpc) is 2.38. The van der Waals surface area contributed by atoms with Crippen molar-refractivity contribution in [2.45, 2.75) is 6.92 Å². The van der Waals surface area contributed by atoms with E-state index < -0.39 is 0 Å². The van der Waals surface area contributed by atoms with Gasteiger partial charge >= 0.3 is 0 Å². The van der Waals surface area contributed by atoms with Crippen molar-refractivity contribution in [1.29, 1.82) is 0 Å². The van der Waals surface area contributed by atoms with Gasteiger partial charge in [0, 0.05) is 26.3 Å². The molecule has 0 atom stereocenters. The van der Waals surface area contributed by atoms with Crippen LogP contribution < -0.4 is 4.74 Å². The van der Waals surface area contributed by atoms with Crippen LogP contribution in [-0.4, -0.2) is 49.8 Å². The van der Waals surface area contributed by atoms with Crippen molar-refractivity contribution in [1.82, 2.24) is 4.90 Å². The lowest BCUT2D eigenvalue weighted by Crippen LogP contribution is -2.30. The summed E-state index contributed by atoms with van der Waals surface area (Å²) in [6.07, 6.45) is 0. The fourth-order valence-corrected chi connectivity index (χ4v) is 1.47. The molecule has 0 bridgehead atoms. The van der Waals surface area contributed by atoms with E-state index >= 15 is 0 Å². The number of rotatable bonds is 6. The Kier molecular flexibility index (Phi) is 5.45. The first-order valence-electron chi connectivity index (χ1n) is 5.80. The third kappa shape index (κ3) is 3.63. The number of benzene rings is 1. The van der Waals surface area contributed by atoms with Gasteiger partial charge in [-0.25, -0.2) is 0 Å². The second-order valence-corrected chi connectivity index (χ2v) is 3.81. The summed E-state index contributed by atoms with van der Waals surface area (Å²) in [7, 11) is 3.18. The van der Waals surface area contributed by atoms with Crippen LogP contribution in [0.25, 0.3) is 0 Å². The third-order valence-corrected chi connectivity index (χ3v) is 2.56. The molecule has 1 N–H and O–H groups in total. The number of likely N-dealkylation sites (N-methyl/N-ethyl adjacent to an activating group) is 1. The molecule has 0 aliphatic carbocycles. The molecule has 5 heteroatoms. The van der Waals surface area contributed by atoms with Gasteiger partial charge in [-0.2, -0.15) is 0 Å². The topological polar surface area (TPSA) is 59.0 Å². The van der Waals surface area contributed by atoms with E-state index in [1.54, 1.807) is 19.2 Å². The summed E-state index contributed by atoms with van der Waals surface area (Å²) < 4.78 is 10.1. The molecule has 0 fully saturated rings. The molecular weight excluding hydrogens is 234 g/mol. The molecule has 0 radical (unpaired) electrons. The zero-order chi connectivity index (χ0) is 13.5. The number of carbonyl (C=O) groups is 1. The lowest BCUT2D eigenvalue weighted by atomic mass is 10.1. The SMILES string of the molecule is CCOCCN(C)C(=O)c1ccc(OC)cc1O. The van der Waals surface area contributed by atoms with E-state index in [1.807, 2.05) is 6.92 Å². The van der Waals surface area contributed by atoms with Crippen LogP contribution in [0.1, 0.15) is 17.3 Å². The van der Waals surface area contributed by atoms with Crippen LogP contribution in [0.3, 0.4) is 0 Å². The molecule has 0 heterocycles. The Bertz CT molecular complexity index is 406. The minimum absolute atomic E-state index is 0.0809. The van der Waals surface area contributed by atoms with Gasteiger partial charge in [0.1, 0.15) is 11.5 Å². The van der Waals surface area contributed by atoms with Crippen LogP contribution >= 0.6 is 0 Å². The van der Waals surface area contributed by atoms with E-state index in [0.29, 0.717) is 25.5 Å². The van der Waals surface area contributed by atoms with E-state index in [9.17, 15) is 9.90 Å². The summed E-state index contributed by atoms with van der Waals surface area (Å²) in [5.74, 6) is 0.193. The Morgan fingerprint density at radius 1 is 1.44 bits per heavy atom.